The van der Waals surface area contributed by atoms with Crippen molar-refractivity contribution in [2.75, 3.05) is 13.1 Å². The van der Waals surface area contributed by atoms with E-state index in [-0.39, 0.29) is 52.9 Å². The van der Waals surface area contributed by atoms with Gasteiger partial charge in [-0.1, -0.05) is 0 Å². The Bertz CT molecular complexity index is 1310. The Balaban J connectivity index is 1.48. The summed E-state index contributed by atoms with van der Waals surface area (Å²) in [6, 6.07) is 4.88. The summed E-state index contributed by atoms with van der Waals surface area (Å²) in [4.78, 5) is 34.4. The highest BCUT2D eigenvalue weighted by atomic mass is 79.9. The van der Waals surface area contributed by atoms with Gasteiger partial charge < -0.3 is 19.9 Å². The monoisotopic (exact) mass is 561 g/mol. The lowest BCUT2D eigenvalue weighted by atomic mass is 9.97. The first-order valence-corrected chi connectivity index (χ1v) is 12.4. The maximum Gasteiger partial charge on any atom is 0.269 e. The molecule has 3 aromatic rings. The van der Waals surface area contributed by atoms with Crippen LogP contribution in [0.2, 0.25) is 0 Å². The van der Waals surface area contributed by atoms with Gasteiger partial charge in [-0.05, 0) is 60.9 Å². The summed E-state index contributed by atoms with van der Waals surface area (Å²) in [5.74, 6) is -1.19. The maximum absolute atomic E-state index is 13.9. The molecule has 1 aliphatic heterocycles. The van der Waals surface area contributed by atoms with Gasteiger partial charge in [-0.3, -0.25) is 19.6 Å². The second-order valence-electron chi connectivity index (χ2n) is 8.57. The quantitative estimate of drug-likeness (QED) is 0.438. The summed E-state index contributed by atoms with van der Waals surface area (Å²) in [6.07, 6.45) is 4.68. The number of amides is 1. The fourth-order valence-corrected chi connectivity index (χ4v) is 4.48. The van der Waals surface area contributed by atoms with E-state index in [4.69, 9.17) is 4.74 Å². The van der Waals surface area contributed by atoms with Crippen LogP contribution in [0.15, 0.2) is 45.9 Å². The fraction of sp³-hybridized carbons (Fsp3) is 0.360. The normalized spacial score (nSPS) is 14.0. The van der Waals surface area contributed by atoms with E-state index in [0.717, 1.165) is 38.1 Å². The zero-order chi connectivity index (χ0) is 25.7. The minimum atomic E-state index is -0.724. The molecule has 0 saturated carbocycles. The van der Waals surface area contributed by atoms with Gasteiger partial charge in [-0.2, -0.15) is 0 Å². The van der Waals surface area contributed by atoms with Crippen molar-refractivity contribution < 1.29 is 18.3 Å². The summed E-state index contributed by atoms with van der Waals surface area (Å²) in [5, 5.41) is 6.19. The average molecular weight is 562 g/mol. The number of carbonyl (C=O) groups excluding carboxylic acids is 1. The number of halogens is 3. The molecule has 36 heavy (non-hydrogen) atoms. The lowest BCUT2D eigenvalue weighted by molar-refractivity contribution is -0.125. The van der Waals surface area contributed by atoms with Gasteiger partial charge in [0.1, 0.15) is 28.5 Å². The summed E-state index contributed by atoms with van der Waals surface area (Å²) in [5.41, 5.74) is 1.53. The van der Waals surface area contributed by atoms with Crippen molar-refractivity contribution in [3.63, 3.8) is 0 Å². The van der Waals surface area contributed by atoms with Gasteiger partial charge in [0.15, 0.2) is 0 Å². The first kappa shape index (κ1) is 25.9. The SMILES string of the molecule is Cc1cc(OCc2ccc(F)cc2F)c(Br)c(=O)n1Cc1nccnc1CNC(=O)C1CCNCC1. The molecule has 4 rings (SSSR count). The molecule has 0 bridgehead atoms. The summed E-state index contributed by atoms with van der Waals surface area (Å²) >= 11 is 3.28. The van der Waals surface area contributed by atoms with Gasteiger partial charge >= 0.3 is 0 Å². The largest absolute Gasteiger partial charge is 0.487 e. The summed E-state index contributed by atoms with van der Waals surface area (Å²) in [6.45, 7) is 3.58. The van der Waals surface area contributed by atoms with Gasteiger partial charge in [-0.25, -0.2) is 8.78 Å². The third kappa shape index (κ3) is 6.14. The number of nitrogens with zero attached hydrogens (tertiary/aromatic N) is 3. The van der Waals surface area contributed by atoms with E-state index in [1.807, 2.05) is 0 Å². The van der Waals surface area contributed by atoms with Crippen molar-refractivity contribution in [1.29, 1.82) is 0 Å². The highest BCUT2D eigenvalue weighted by Gasteiger charge is 2.21. The molecule has 2 aromatic heterocycles. The first-order chi connectivity index (χ1) is 17.3. The highest BCUT2D eigenvalue weighted by Crippen LogP contribution is 2.24. The van der Waals surface area contributed by atoms with Crippen LogP contribution in [0, 0.1) is 24.5 Å². The second-order valence-corrected chi connectivity index (χ2v) is 9.36. The number of ether oxygens (including phenoxy) is 1. The number of rotatable bonds is 8. The lowest BCUT2D eigenvalue weighted by Crippen LogP contribution is -2.38. The summed E-state index contributed by atoms with van der Waals surface area (Å²) < 4.78 is 34.4. The fourth-order valence-electron chi connectivity index (χ4n) is 4.04. The Morgan fingerprint density at radius 1 is 1.19 bits per heavy atom. The molecule has 11 heteroatoms. The molecule has 1 amide bonds. The van der Waals surface area contributed by atoms with Gasteiger partial charge in [0.2, 0.25) is 5.91 Å². The van der Waals surface area contributed by atoms with E-state index in [1.54, 1.807) is 19.2 Å². The zero-order valence-corrected chi connectivity index (χ0v) is 21.3. The van der Waals surface area contributed by atoms with E-state index in [0.29, 0.717) is 17.1 Å². The van der Waals surface area contributed by atoms with Crippen molar-refractivity contribution in [3.8, 4) is 5.75 Å². The minimum Gasteiger partial charge on any atom is -0.487 e. The number of hydrogen-bond acceptors (Lipinski definition) is 6. The number of nitrogens with one attached hydrogen (secondary N) is 2. The Morgan fingerprint density at radius 2 is 1.92 bits per heavy atom. The topological polar surface area (TPSA) is 98.1 Å². The van der Waals surface area contributed by atoms with Crippen LogP contribution in [-0.2, 0) is 24.5 Å². The lowest BCUT2D eigenvalue weighted by Gasteiger charge is -2.22. The van der Waals surface area contributed by atoms with Gasteiger partial charge in [-0.15, -0.1) is 0 Å². The van der Waals surface area contributed by atoms with Crippen LogP contribution >= 0.6 is 15.9 Å². The van der Waals surface area contributed by atoms with E-state index < -0.39 is 11.6 Å². The Labute approximate surface area is 215 Å². The molecule has 0 unspecified atom stereocenters. The van der Waals surface area contributed by atoms with Crippen molar-refractivity contribution >= 4 is 21.8 Å². The maximum atomic E-state index is 13.9. The third-order valence-electron chi connectivity index (χ3n) is 6.12. The number of pyridine rings is 1. The molecule has 1 fully saturated rings. The van der Waals surface area contributed by atoms with Crippen molar-refractivity contribution in [2.45, 2.75) is 39.5 Å². The molecule has 0 radical (unpaired) electrons. The molecular formula is C25H26BrF2N5O3. The second kappa shape index (κ2) is 11.7. The van der Waals surface area contributed by atoms with Crippen LogP contribution < -0.4 is 20.9 Å². The molecule has 190 valence electrons. The molecule has 1 saturated heterocycles. The third-order valence-corrected chi connectivity index (χ3v) is 6.85. The molecule has 8 nitrogen and oxygen atoms in total. The molecule has 0 aliphatic carbocycles. The summed E-state index contributed by atoms with van der Waals surface area (Å²) in [7, 11) is 0. The van der Waals surface area contributed by atoms with Crippen LogP contribution in [0.5, 0.6) is 5.75 Å². The minimum absolute atomic E-state index is 0.0108. The molecule has 0 spiro atoms. The van der Waals surface area contributed by atoms with Crippen molar-refractivity contribution in [2.24, 2.45) is 5.92 Å². The van der Waals surface area contributed by atoms with Crippen molar-refractivity contribution in [3.05, 3.63) is 85.8 Å². The predicted molar refractivity (Wildman–Crippen MR) is 132 cm³/mol. The molecule has 1 aliphatic rings. The number of piperidine rings is 1. The van der Waals surface area contributed by atoms with Gasteiger partial charge in [0.05, 0.1) is 24.5 Å². The highest BCUT2D eigenvalue weighted by molar-refractivity contribution is 9.10. The first-order valence-electron chi connectivity index (χ1n) is 11.6. The van der Waals surface area contributed by atoms with Crippen LogP contribution in [0.1, 0.15) is 35.5 Å². The number of carbonyl (C=O) groups is 1. The number of aryl methyl sites for hydroxylation is 1. The number of aromatic nitrogens is 3. The van der Waals surface area contributed by atoms with Crippen LogP contribution in [-0.4, -0.2) is 33.5 Å². The standard InChI is InChI=1S/C25H26BrF2N5O3/c1-15-10-22(36-14-17-2-3-18(27)11-19(17)28)23(26)25(35)33(15)13-21-20(30-8-9-31-21)12-32-24(34)16-4-6-29-7-5-16/h2-3,8-11,16,29H,4-7,12-14H2,1H3,(H,32,34). The molecular weight excluding hydrogens is 536 g/mol. The predicted octanol–water partition coefficient (Wildman–Crippen LogP) is 3.23. The smallest absolute Gasteiger partial charge is 0.269 e. The van der Waals surface area contributed by atoms with Crippen molar-refractivity contribution in [1.82, 2.24) is 25.2 Å². The zero-order valence-electron chi connectivity index (χ0n) is 19.7. The van der Waals surface area contributed by atoms with Crippen LogP contribution in [0.3, 0.4) is 0 Å². The number of hydrogen-bond donors (Lipinski definition) is 2. The van der Waals surface area contributed by atoms with Gasteiger partial charge in [0, 0.05) is 41.7 Å². The Morgan fingerprint density at radius 3 is 2.64 bits per heavy atom. The average Bonchev–Trinajstić information content (AvgIpc) is 2.88. The van der Waals surface area contributed by atoms with E-state index in [2.05, 4.69) is 36.5 Å². The van der Waals surface area contributed by atoms with E-state index in [9.17, 15) is 18.4 Å². The molecule has 2 N–H and O–H groups in total. The van der Waals surface area contributed by atoms with E-state index in [1.165, 1.54) is 16.8 Å². The van der Waals surface area contributed by atoms with Crippen LogP contribution in [0.25, 0.3) is 0 Å². The molecule has 3 heterocycles. The van der Waals surface area contributed by atoms with E-state index >= 15 is 0 Å². The molecule has 0 atom stereocenters. The number of benzene rings is 1. The molecule has 1 aromatic carbocycles. The Hall–Kier alpha value is -3.18. The van der Waals surface area contributed by atoms with Gasteiger partial charge in [0.25, 0.3) is 5.56 Å². The Kier molecular flexibility index (Phi) is 8.42. The van der Waals surface area contributed by atoms with Crippen LogP contribution in [0.4, 0.5) is 8.78 Å².